The summed E-state index contributed by atoms with van der Waals surface area (Å²) < 4.78 is 2.91. The van der Waals surface area contributed by atoms with Crippen molar-refractivity contribution in [3.63, 3.8) is 0 Å². The molecule has 112 valence electrons. The van der Waals surface area contributed by atoms with E-state index in [1.54, 1.807) is 11.6 Å². The predicted octanol–water partition coefficient (Wildman–Crippen LogP) is 0.559. The number of nitrogens with one attached hydrogen (secondary N) is 1. The second-order valence-corrected chi connectivity index (χ2v) is 4.97. The maximum Gasteiger partial charge on any atom is 0.331 e. The lowest BCUT2D eigenvalue weighted by molar-refractivity contribution is -0.116. The standard InChI is InChI=1S/C15H15N5O2/c1-10(21)18-14-12-13(17-9-16-12)20(15(22)19(14)2)8-11-6-4-3-5-7-11/h3-7,9H,8H2,1-2H3,(H,16,17). The fourth-order valence-electron chi connectivity index (χ4n) is 2.37. The van der Waals surface area contributed by atoms with Gasteiger partial charge in [-0.3, -0.25) is 13.9 Å². The second-order valence-electron chi connectivity index (χ2n) is 4.97. The first-order chi connectivity index (χ1) is 10.6. The SMILES string of the molecule is CC(=O)N=c1c2[nH]cnc2n(Cc2ccccc2)c(=O)n1C. The minimum absolute atomic E-state index is 0.275. The molecule has 0 saturated heterocycles. The number of imidazole rings is 1. The zero-order valence-electron chi connectivity index (χ0n) is 12.3. The topological polar surface area (TPSA) is 85.0 Å². The van der Waals surface area contributed by atoms with Crippen LogP contribution in [-0.2, 0) is 18.4 Å². The van der Waals surface area contributed by atoms with Crippen LogP contribution in [0.4, 0.5) is 0 Å². The first-order valence-electron chi connectivity index (χ1n) is 6.80. The van der Waals surface area contributed by atoms with Crippen molar-refractivity contribution in [2.75, 3.05) is 0 Å². The summed E-state index contributed by atoms with van der Waals surface area (Å²) in [4.78, 5) is 34.9. The van der Waals surface area contributed by atoms with Crippen molar-refractivity contribution in [3.05, 3.63) is 58.2 Å². The number of carbonyl (C=O) groups is 1. The summed E-state index contributed by atoms with van der Waals surface area (Å²) in [5, 5.41) is 0. The molecular weight excluding hydrogens is 282 g/mol. The Morgan fingerprint density at radius 1 is 1.32 bits per heavy atom. The normalized spacial score (nSPS) is 12.0. The van der Waals surface area contributed by atoms with E-state index in [1.807, 2.05) is 30.3 Å². The monoisotopic (exact) mass is 297 g/mol. The van der Waals surface area contributed by atoms with Crippen LogP contribution < -0.4 is 11.2 Å². The van der Waals surface area contributed by atoms with Crippen LogP contribution in [0.15, 0.2) is 46.4 Å². The van der Waals surface area contributed by atoms with Crippen molar-refractivity contribution in [1.29, 1.82) is 0 Å². The van der Waals surface area contributed by atoms with Crippen LogP contribution in [0, 0.1) is 0 Å². The number of carbonyl (C=O) groups excluding carboxylic acids is 1. The minimum Gasteiger partial charge on any atom is -0.340 e. The average molecular weight is 297 g/mol. The van der Waals surface area contributed by atoms with Gasteiger partial charge in [0.25, 0.3) is 0 Å². The van der Waals surface area contributed by atoms with E-state index >= 15 is 0 Å². The summed E-state index contributed by atoms with van der Waals surface area (Å²) in [5.74, 6) is -0.369. The number of hydrogen-bond donors (Lipinski definition) is 1. The molecule has 0 bridgehead atoms. The number of aromatic amines is 1. The Labute approximate surface area is 125 Å². The third-order valence-electron chi connectivity index (χ3n) is 3.38. The molecule has 0 spiro atoms. The van der Waals surface area contributed by atoms with Gasteiger partial charge >= 0.3 is 5.69 Å². The van der Waals surface area contributed by atoms with Crippen molar-refractivity contribution in [1.82, 2.24) is 19.1 Å². The number of H-pyrrole nitrogens is 1. The molecule has 0 saturated carbocycles. The van der Waals surface area contributed by atoms with Gasteiger partial charge in [-0.15, -0.1) is 0 Å². The number of nitrogens with zero attached hydrogens (tertiary/aromatic N) is 4. The molecule has 2 heterocycles. The third-order valence-corrected chi connectivity index (χ3v) is 3.38. The summed E-state index contributed by atoms with van der Waals surface area (Å²) in [6.07, 6.45) is 1.49. The highest BCUT2D eigenvalue weighted by atomic mass is 16.2. The van der Waals surface area contributed by atoms with E-state index in [0.717, 1.165) is 5.56 Å². The smallest absolute Gasteiger partial charge is 0.331 e. The molecule has 0 unspecified atom stereocenters. The Morgan fingerprint density at radius 2 is 2.05 bits per heavy atom. The largest absolute Gasteiger partial charge is 0.340 e. The zero-order valence-corrected chi connectivity index (χ0v) is 12.3. The molecule has 1 amide bonds. The lowest BCUT2D eigenvalue weighted by Crippen LogP contribution is -2.39. The van der Waals surface area contributed by atoms with E-state index < -0.39 is 0 Å². The van der Waals surface area contributed by atoms with Crippen LogP contribution in [0.3, 0.4) is 0 Å². The molecule has 3 aromatic rings. The molecule has 7 nitrogen and oxygen atoms in total. The number of aromatic nitrogens is 4. The highest BCUT2D eigenvalue weighted by molar-refractivity contribution is 5.76. The van der Waals surface area contributed by atoms with Gasteiger partial charge in [-0.2, -0.15) is 4.99 Å². The van der Waals surface area contributed by atoms with E-state index in [0.29, 0.717) is 17.7 Å². The van der Waals surface area contributed by atoms with Gasteiger partial charge in [0, 0.05) is 14.0 Å². The van der Waals surface area contributed by atoms with E-state index in [9.17, 15) is 9.59 Å². The second kappa shape index (κ2) is 5.44. The van der Waals surface area contributed by atoms with Gasteiger partial charge in [0.05, 0.1) is 12.9 Å². The molecule has 1 aromatic carbocycles. The van der Waals surface area contributed by atoms with Crippen LogP contribution in [0.25, 0.3) is 11.2 Å². The lowest BCUT2D eigenvalue weighted by Gasteiger charge is -2.10. The molecule has 0 aliphatic rings. The van der Waals surface area contributed by atoms with E-state index in [2.05, 4.69) is 15.0 Å². The van der Waals surface area contributed by atoms with Crippen LogP contribution in [-0.4, -0.2) is 25.0 Å². The van der Waals surface area contributed by atoms with E-state index in [4.69, 9.17) is 0 Å². The van der Waals surface area contributed by atoms with Crippen molar-refractivity contribution < 1.29 is 4.79 Å². The Morgan fingerprint density at radius 3 is 2.73 bits per heavy atom. The van der Waals surface area contributed by atoms with Gasteiger partial charge in [0.1, 0.15) is 5.52 Å². The van der Waals surface area contributed by atoms with E-state index in [-0.39, 0.29) is 17.1 Å². The molecule has 22 heavy (non-hydrogen) atoms. The zero-order chi connectivity index (χ0) is 15.7. The molecule has 0 aliphatic carbocycles. The first-order valence-corrected chi connectivity index (χ1v) is 6.80. The minimum atomic E-state index is -0.369. The van der Waals surface area contributed by atoms with Crippen LogP contribution >= 0.6 is 0 Å². The summed E-state index contributed by atoms with van der Waals surface area (Å²) in [6.45, 7) is 1.74. The quantitative estimate of drug-likeness (QED) is 0.750. The molecule has 3 rings (SSSR count). The molecule has 0 aliphatic heterocycles. The average Bonchev–Trinajstić information content (AvgIpc) is 2.98. The van der Waals surface area contributed by atoms with Gasteiger partial charge in [-0.05, 0) is 5.56 Å². The van der Waals surface area contributed by atoms with Crippen LogP contribution in [0.1, 0.15) is 12.5 Å². The maximum atomic E-state index is 12.6. The van der Waals surface area contributed by atoms with Gasteiger partial charge in [0.2, 0.25) is 5.91 Å². The highest BCUT2D eigenvalue weighted by Crippen LogP contribution is 2.06. The predicted molar refractivity (Wildman–Crippen MR) is 81.1 cm³/mol. The Hall–Kier alpha value is -2.96. The van der Waals surface area contributed by atoms with Crippen molar-refractivity contribution in [2.45, 2.75) is 13.5 Å². The van der Waals surface area contributed by atoms with Crippen molar-refractivity contribution >= 4 is 17.1 Å². The molecule has 0 atom stereocenters. The molecule has 7 heteroatoms. The van der Waals surface area contributed by atoms with Gasteiger partial charge < -0.3 is 4.98 Å². The molecule has 2 aromatic heterocycles. The summed E-state index contributed by atoms with van der Waals surface area (Å²) in [5.41, 5.74) is 2.04. The Bertz CT molecular complexity index is 963. The van der Waals surface area contributed by atoms with Gasteiger partial charge in [0.15, 0.2) is 11.1 Å². The number of rotatable bonds is 2. The maximum absolute atomic E-state index is 12.6. The van der Waals surface area contributed by atoms with Crippen LogP contribution in [0.5, 0.6) is 0 Å². The van der Waals surface area contributed by atoms with Crippen LogP contribution in [0.2, 0.25) is 0 Å². The first kappa shape index (κ1) is 14.0. The number of benzene rings is 1. The third kappa shape index (κ3) is 2.37. The molecular formula is C15H15N5O2. The summed E-state index contributed by atoms with van der Waals surface area (Å²) in [6, 6.07) is 9.64. The lowest BCUT2D eigenvalue weighted by atomic mass is 10.2. The van der Waals surface area contributed by atoms with E-state index in [1.165, 1.54) is 17.8 Å². The number of fused-ring (bicyclic) bond motifs is 1. The summed E-state index contributed by atoms with van der Waals surface area (Å²) >= 11 is 0. The molecule has 0 radical (unpaired) electrons. The molecule has 0 fully saturated rings. The van der Waals surface area contributed by atoms with Gasteiger partial charge in [-0.1, -0.05) is 30.3 Å². The number of amides is 1. The Balaban J connectivity index is 2.30. The summed E-state index contributed by atoms with van der Waals surface area (Å²) in [7, 11) is 1.59. The fraction of sp³-hybridized carbons (Fsp3) is 0.200. The highest BCUT2D eigenvalue weighted by Gasteiger charge is 2.12. The Kier molecular flexibility index (Phi) is 3.46. The van der Waals surface area contributed by atoms with Crippen molar-refractivity contribution in [2.24, 2.45) is 12.0 Å². The molecule has 1 N–H and O–H groups in total. The van der Waals surface area contributed by atoms with Crippen molar-refractivity contribution in [3.8, 4) is 0 Å². The number of hydrogen-bond acceptors (Lipinski definition) is 3. The van der Waals surface area contributed by atoms with Gasteiger partial charge in [-0.25, -0.2) is 9.78 Å². The fourth-order valence-corrected chi connectivity index (χ4v) is 2.37.